The molecule has 0 aliphatic carbocycles. The molecule has 0 spiro atoms. The van der Waals surface area contributed by atoms with Crippen LogP contribution in [0.5, 0.6) is 5.75 Å². The Kier molecular flexibility index (Phi) is 7.71. The predicted octanol–water partition coefficient (Wildman–Crippen LogP) is 1.73. The van der Waals surface area contributed by atoms with Crippen molar-refractivity contribution in [1.29, 1.82) is 0 Å². The molecule has 1 heterocycles. The number of amides is 1. The van der Waals surface area contributed by atoms with Gasteiger partial charge in [0.1, 0.15) is 12.4 Å². The fourth-order valence-electron chi connectivity index (χ4n) is 2.42. The molecule has 0 bridgehead atoms. The van der Waals surface area contributed by atoms with Crippen LogP contribution in [0.2, 0.25) is 0 Å². The number of nitrogens with one attached hydrogen (secondary N) is 2. The summed E-state index contributed by atoms with van der Waals surface area (Å²) in [6.07, 6.45) is 0.527. The van der Waals surface area contributed by atoms with Gasteiger partial charge in [-0.05, 0) is 18.6 Å². The van der Waals surface area contributed by atoms with Crippen molar-refractivity contribution in [2.45, 2.75) is 25.9 Å². The van der Waals surface area contributed by atoms with Gasteiger partial charge < -0.3 is 20.1 Å². The lowest BCUT2D eigenvalue weighted by Gasteiger charge is -2.22. The number of thioether (sulfide) groups is 1. The van der Waals surface area contributed by atoms with Crippen LogP contribution < -0.4 is 15.4 Å². The predicted molar refractivity (Wildman–Crippen MR) is 94.1 cm³/mol. The maximum Gasteiger partial charge on any atom is 0.221 e. The molecule has 1 unspecified atom stereocenters. The molecular weight excluding hydrogens is 312 g/mol. The molecule has 0 aromatic heterocycles. The monoisotopic (exact) mass is 338 g/mol. The standard InChI is InChI=1S/C17H26N2O3S/c1-13-3-4-14(16(9-13)22-7-6-21-2)11-19-17(20)10-15-12-23-8-5-18-15/h3-4,9,15,18H,5-8,10-12H2,1-2H3,(H,19,20). The first-order chi connectivity index (χ1) is 11.2. The van der Waals surface area contributed by atoms with E-state index < -0.39 is 0 Å². The van der Waals surface area contributed by atoms with Crippen LogP contribution in [-0.4, -0.2) is 50.3 Å². The van der Waals surface area contributed by atoms with Gasteiger partial charge in [-0.3, -0.25) is 4.79 Å². The molecule has 1 amide bonds. The maximum absolute atomic E-state index is 12.1. The van der Waals surface area contributed by atoms with Gasteiger partial charge in [0.05, 0.1) is 6.61 Å². The molecule has 1 atom stereocenters. The Bertz CT molecular complexity index is 505. The number of benzene rings is 1. The summed E-state index contributed by atoms with van der Waals surface area (Å²) >= 11 is 1.90. The topological polar surface area (TPSA) is 59.6 Å². The number of methoxy groups -OCH3 is 1. The van der Waals surface area contributed by atoms with Gasteiger partial charge >= 0.3 is 0 Å². The highest BCUT2D eigenvalue weighted by molar-refractivity contribution is 7.99. The van der Waals surface area contributed by atoms with Crippen LogP contribution >= 0.6 is 11.8 Å². The Hall–Kier alpha value is -1.24. The highest BCUT2D eigenvalue weighted by Crippen LogP contribution is 2.20. The Morgan fingerprint density at radius 3 is 3.04 bits per heavy atom. The SMILES string of the molecule is COCCOc1cc(C)ccc1CNC(=O)CC1CSCCN1. The lowest BCUT2D eigenvalue weighted by molar-refractivity contribution is -0.121. The van der Waals surface area contributed by atoms with Gasteiger partial charge in [-0.2, -0.15) is 11.8 Å². The molecule has 128 valence electrons. The second kappa shape index (κ2) is 9.80. The second-order valence-electron chi connectivity index (χ2n) is 5.66. The zero-order valence-corrected chi connectivity index (χ0v) is 14.7. The first kappa shape index (κ1) is 18.1. The molecule has 1 fully saturated rings. The van der Waals surface area contributed by atoms with Crippen molar-refractivity contribution in [3.63, 3.8) is 0 Å². The van der Waals surface area contributed by atoms with E-state index in [0.29, 0.717) is 26.2 Å². The molecule has 1 aliphatic heterocycles. The quantitative estimate of drug-likeness (QED) is 0.707. The average molecular weight is 338 g/mol. The summed E-state index contributed by atoms with van der Waals surface area (Å²) in [5.41, 5.74) is 2.13. The smallest absolute Gasteiger partial charge is 0.221 e. The first-order valence-corrected chi connectivity index (χ1v) is 9.13. The summed E-state index contributed by atoms with van der Waals surface area (Å²) in [5.74, 6) is 3.02. The van der Waals surface area contributed by atoms with Crippen LogP contribution in [0, 0.1) is 6.92 Å². The lowest BCUT2D eigenvalue weighted by Crippen LogP contribution is -2.41. The Labute approximate surface area is 142 Å². The van der Waals surface area contributed by atoms with Crippen molar-refractivity contribution in [2.24, 2.45) is 0 Å². The highest BCUT2D eigenvalue weighted by atomic mass is 32.2. The molecule has 0 radical (unpaired) electrons. The van der Waals surface area contributed by atoms with E-state index in [0.717, 1.165) is 34.9 Å². The third-order valence-electron chi connectivity index (χ3n) is 3.67. The Morgan fingerprint density at radius 1 is 1.43 bits per heavy atom. The number of hydrogen-bond donors (Lipinski definition) is 2. The van der Waals surface area contributed by atoms with Crippen molar-refractivity contribution in [3.05, 3.63) is 29.3 Å². The zero-order chi connectivity index (χ0) is 16.5. The largest absolute Gasteiger partial charge is 0.491 e. The van der Waals surface area contributed by atoms with E-state index in [1.807, 2.05) is 36.9 Å². The van der Waals surface area contributed by atoms with E-state index in [2.05, 4.69) is 10.6 Å². The van der Waals surface area contributed by atoms with E-state index in [9.17, 15) is 4.79 Å². The van der Waals surface area contributed by atoms with Gasteiger partial charge in [0, 0.05) is 49.7 Å². The van der Waals surface area contributed by atoms with E-state index >= 15 is 0 Å². The molecule has 6 heteroatoms. The van der Waals surface area contributed by atoms with Crippen molar-refractivity contribution < 1.29 is 14.3 Å². The summed E-state index contributed by atoms with van der Waals surface area (Å²) in [6, 6.07) is 6.32. The maximum atomic E-state index is 12.1. The number of ether oxygens (including phenoxy) is 2. The number of aryl methyl sites for hydroxylation is 1. The normalized spacial score (nSPS) is 17.7. The lowest BCUT2D eigenvalue weighted by atomic mass is 10.1. The molecule has 2 N–H and O–H groups in total. The van der Waals surface area contributed by atoms with E-state index in [-0.39, 0.29) is 11.9 Å². The van der Waals surface area contributed by atoms with Crippen LogP contribution in [0.15, 0.2) is 18.2 Å². The average Bonchev–Trinajstić information content (AvgIpc) is 2.55. The third kappa shape index (κ3) is 6.41. The fourth-order valence-corrected chi connectivity index (χ4v) is 3.37. The van der Waals surface area contributed by atoms with Crippen LogP contribution in [0.25, 0.3) is 0 Å². The van der Waals surface area contributed by atoms with E-state index in [4.69, 9.17) is 9.47 Å². The number of carbonyl (C=O) groups is 1. The molecule has 1 saturated heterocycles. The molecule has 1 aromatic carbocycles. The van der Waals surface area contributed by atoms with Crippen LogP contribution in [0.1, 0.15) is 17.5 Å². The number of rotatable bonds is 8. The van der Waals surface area contributed by atoms with Gasteiger partial charge in [0.25, 0.3) is 0 Å². The van der Waals surface area contributed by atoms with Crippen LogP contribution in [-0.2, 0) is 16.1 Å². The summed E-state index contributed by atoms with van der Waals surface area (Å²) in [7, 11) is 1.65. The van der Waals surface area contributed by atoms with Gasteiger partial charge in [-0.15, -0.1) is 0 Å². The minimum atomic E-state index is 0.0772. The fraction of sp³-hybridized carbons (Fsp3) is 0.588. The van der Waals surface area contributed by atoms with Crippen molar-refractivity contribution >= 4 is 17.7 Å². The van der Waals surface area contributed by atoms with Crippen LogP contribution in [0.3, 0.4) is 0 Å². The summed E-state index contributed by atoms with van der Waals surface area (Å²) < 4.78 is 10.8. The minimum Gasteiger partial charge on any atom is -0.491 e. The van der Waals surface area contributed by atoms with Crippen molar-refractivity contribution in [2.75, 3.05) is 38.4 Å². The molecule has 2 rings (SSSR count). The Morgan fingerprint density at radius 2 is 2.30 bits per heavy atom. The molecule has 23 heavy (non-hydrogen) atoms. The molecule has 0 saturated carbocycles. The summed E-state index contributed by atoms with van der Waals surface area (Å²) in [6.45, 7) is 4.55. The Balaban J connectivity index is 1.84. The number of carbonyl (C=O) groups excluding carboxylic acids is 1. The minimum absolute atomic E-state index is 0.0772. The first-order valence-electron chi connectivity index (χ1n) is 7.98. The van der Waals surface area contributed by atoms with Gasteiger partial charge in [-0.25, -0.2) is 0 Å². The molecule has 1 aromatic rings. The zero-order valence-electron chi connectivity index (χ0n) is 13.9. The summed E-state index contributed by atoms with van der Waals surface area (Å²) in [5, 5.41) is 6.38. The summed E-state index contributed by atoms with van der Waals surface area (Å²) in [4.78, 5) is 12.1. The number of hydrogen-bond acceptors (Lipinski definition) is 5. The van der Waals surface area contributed by atoms with Gasteiger partial charge in [0.15, 0.2) is 0 Å². The van der Waals surface area contributed by atoms with Crippen LogP contribution in [0.4, 0.5) is 0 Å². The highest BCUT2D eigenvalue weighted by Gasteiger charge is 2.16. The third-order valence-corrected chi connectivity index (χ3v) is 4.80. The van der Waals surface area contributed by atoms with Crippen molar-refractivity contribution in [1.82, 2.24) is 10.6 Å². The van der Waals surface area contributed by atoms with E-state index in [1.165, 1.54) is 0 Å². The molecule has 5 nitrogen and oxygen atoms in total. The van der Waals surface area contributed by atoms with Crippen molar-refractivity contribution in [3.8, 4) is 5.75 Å². The van der Waals surface area contributed by atoms with Gasteiger partial charge in [0.2, 0.25) is 5.91 Å². The molecule has 1 aliphatic rings. The second-order valence-corrected chi connectivity index (χ2v) is 6.81. The van der Waals surface area contributed by atoms with E-state index in [1.54, 1.807) is 7.11 Å². The van der Waals surface area contributed by atoms with Gasteiger partial charge in [-0.1, -0.05) is 12.1 Å². The molecular formula is C17H26N2O3S.